The number of hydrogen-bond acceptors (Lipinski definition) is 2. The standard InChI is InChI=1S/C17H22OS/c1-2-3-6-11-19-13-17(18)16-10-9-14-7-4-5-8-15(14)12-16/h4-5,7-8,12H,2-3,6,9-11,13H2,1H3. The summed E-state index contributed by atoms with van der Waals surface area (Å²) in [7, 11) is 0. The van der Waals surface area contributed by atoms with Crippen LogP contribution >= 0.6 is 11.8 Å². The van der Waals surface area contributed by atoms with Crippen molar-refractivity contribution in [3.63, 3.8) is 0 Å². The summed E-state index contributed by atoms with van der Waals surface area (Å²) in [5.74, 6) is 2.09. The van der Waals surface area contributed by atoms with Crippen molar-refractivity contribution in [2.45, 2.75) is 39.0 Å². The van der Waals surface area contributed by atoms with Crippen molar-refractivity contribution >= 4 is 23.6 Å². The van der Waals surface area contributed by atoms with Crippen molar-refractivity contribution < 1.29 is 4.79 Å². The Morgan fingerprint density at radius 1 is 1.21 bits per heavy atom. The van der Waals surface area contributed by atoms with E-state index in [4.69, 9.17) is 0 Å². The van der Waals surface area contributed by atoms with Gasteiger partial charge in [-0.15, -0.1) is 0 Å². The number of thioether (sulfide) groups is 1. The summed E-state index contributed by atoms with van der Waals surface area (Å²) < 4.78 is 0. The lowest BCUT2D eigenvalue weighted by Crippen LogP contribution is -2.10. The molecular weight excluding hydrogens is 252 g/mol. The van der Waals surface area contributed by atoms with E-state index in [1.54, 1.807) is 11.8 Å². The zero-order valence-electron chi connectivity index (χ0n) is 11.7. The van der Waals surface area contributed by atoms with Crippen LogP contribution < -0.4 is 0 Å². The predicted octanol–water partition coefficient (Wildman–Crippen LogP) is 4.51. The first kappa shape index (κ1) is 14.4. The van der Waals surface area contributed by atoms with Gasteiger partial charge in [-0.3, -0.25) is 4.79 Å². The molecule has 1 aromatic rings. The molecule has 1 aromatic carbocycles. The van der Waals surface area contributed by atoms with Gasteiger partial charge in [-0.05, 0) is 47.8 Å². The normalized spacial score (nSPS) is 13.8. The molecule has 0 atom stereocenters. The third kappa shape index (κ3) is 4.24. The lowest BCUT2D eigenvalue weighted by atomic mass is 9.91. The van der Waals surface area contributed by atoms with Crippen LogP contribution in [-0.2, 0) is 11.2 Å². The maximum Gasteiger partial charge on any atom is 0.168 e. The van der Waals surface area contributed by atoms with Gasteiger partial charge in [-0.1, -0.05) is 44.0 Å². The zero-order chi connectivity index (χ0) is 13.5. The largest absolute Gasteiger partial charge is 0.294 e. The van der Waals surface area contributed by atoms with Gasteiger partial charge in [0.25, 0.3) is 0 Å². The van der Waals surface area contributed by atoms with Gasteiger partial charge in [0.2, 0.25) is 0 Å². The molecule has 102 valence electrons. The molecular formula is C17H22OS. The van der Waals surface area contributed by atoms with Crippen molar-refractivity contribution in [3.8, 4) is 0 Å². The highest BCUT2D eigenvalue weighted by Crippen LogP contribution is 2.25. The number of carbonyl (C=O) groups excluding carboxylic acids is 1. The molecule has 0 bridgehead atoms. The van der Waals surface area contributed by atoms with Gasteiger partial charge in [0.1, 0.15) is 0 Å². The molecule has 0 spiro atoms. The number of unbranched alkanes of at least 4 members (excludes halogenated alkanes) is 2. The van der Waals surface area contributed by atoms with Crippen LogP contribution in [0.2, 0.25) is 0 Å². The molecule has 2 heteroatoms. The molecule has 0 saturated heterocycles. The summed E-state index contributed by atoms with van der Waals surface area (Å²) in [6, 6.07) is 8.38. The molecule has 1 aliphatic rings. The van der Waals surface area contributed by atoms with Crippen molar-refractivity contribution in [2.75, 3.05) is 11.5 Å². The fourth-order valence-corrected chi connectivity index (χ4v) is 3.29. The van der Waals surface area contributed by atoms with Crippen LogP contribution in [0.5, 0.6) is 0 Å². The fourth-order valence-electron chi connectivity index (χ4n) is 2.36. The molecule has 0 heterocycles. The molecule has 2 rings (SSSR count). The second-order valence-electron chi connectivity index (χ2n) is 5.05. The summed E-state index contributed by atoms with van der Waals surface area (Å²) in [5.41, 5.74) is 3.62. The molecule has 0 N–H and O–H groups in total. The minimum Gasteiger partial charge on any atom is -0.294 e. The van der Waals surface area contributed by atoms with E-state index in [0.717, 1.165) is 24.2 Å². The maximum absolute atomic E-state index is 12.2. The Morgan fingerprint density at radius 3 is 2.89 bits per heavy atom. The van der Waals surface area contributed by atoms with Gasteiger partial charge in [-0.2, -0.15) is 11.8 Å². The van der Waals surface area contributed by atoms with Gasteiger partial charge in [0.15, 0.2) is 5.78 Å². The van der Waals surface area contributed by atoms with Crippen LogP contribution in [0, 0.1) is 0 Å². The van der Waals surface area contributed by atoms with E-state index in [1.165, 1.54) is 30.4 Å². The molecule has 1 nitrogen and oxygen atoms in total. The van der Waals surface area contributed by atoms with Crippen molar-refractivity contribution in [3.05, 3.63) is 41.0 Å². The summed E-state index contributed by atoms with van der Waals surface area (Å²) in [4.78, 5) is 12.2. The monoisotopic (exact) mass is 274 g/mol. The molecule has 0 unspecified atom stereocenters. The molecule has 19 heavy (non-hydrogen) atoms. The number of hydrogen-bond donors (Lipinski definition) is 0. The number of carbonyl (C=O) groups is 1. The molecule has 0 fully saturated rings. The number of benzene rings is 1. The third-order valence-corrected chi connectivity index (χ3v) is 4.58. The van der Waals surface area contributed by atoms with E-state index in [9.17, 15) is 4.79 Å². The minimum atomic E-state index is 0.330. The van der Waals surface area contributed by atoms with E-state index in [0.29, 0.717) is 11.5 Å². The summed E-state index contributed by atoms with van der Waals surface area (Å²) in [6.45, 7) is 2.21. The van der Waals surface area contributed by atoms with E-state index in [1.807, 2.05) is 6.07 Å². The number of Topliss-reactive ketones (excluding diaryl/α,β-unsaturated/α-hetero) is 1. The predicted molar refractivity (Wildman–Crippen MR) is 84.6 cm³/mol. The zero-order valence-corrected chi connectivity index (χ0v) is 12.5. The molecule has 0 aromatic heterocycles. The number of allylic oxidation sites excluding steroid dienone is 1. The Bertz CT molecular complexity index is 462. The van der Waals surface area contributed by atoms with Crippen LogP contribution in [0.15, 0.2) is 29.8 Å². The SMILES string of the molecule is CCCCCSCC(=O)C1=Cc2ccccc2CC1. The Hall–Kier alpha value is -1.02. The molecule has 0 aliphatic heterocycles. The Labute approximate surface area is 120 Å². The first-order chi connectivity index (χ1) is 9.31. The van der Waals surface area contributed by atoms with Crippen LogP contribution in [-0.4, -0.2) is 17.3 Å². The molecule has 0 amide bonds. The highest BCUT2D eigenvalue weighted by Gasteiger charge is 2.15. The number of aryl methyl sites for hydroxylation is 1. The Kier molecular flexibility index (Phi) is 5.71. The summed E-state index contributed by atoms with van der Waals surface area (Å²) in [5, 5.41) is 0. The number of ketones is 1. The molecule has 0 radical (unpaired) electrons. The van der Waals surface area contributed by atoms with Crippen LogP contribution in [0.3, 0.4) is 0 Å². The molecule has 0 saturated carbocycles. The van der Waals surface area contributed by atoms with Crippen LogP contribution in [0.1, 0.15) is 43.7 Å². The van der Waals surface area contributed by atoms with Crippen LogP contribution in [0.4, 0.5) is 0 Å². The number of fused-ring (bicyclic) bond motifs is 1. The average molecular weight is 274 g/mol. The molecule has 1 aliphatic carbocycles. The average Bonchev–Trinajstić information content (AvgIpc) is 2.46. The first-order valence-corrected chi connectivity index (χ1v) is 8.36. The van der Waals surface area contributed by atoms with E-state index in [2.05, 4.69) is 31.2 Å². The van der Waals surface area contributed by atoms with Gasteiger partial charge < -0.3 is 0 Å². The van der Waals surface area contributed by atoms with E-state index < -0.39 is 0 Å². The van der Waals surface area contributed by atoms with Crippen molar-refractivity contribution in [2.24, 2.45) is 0 Å². The quantitative estimate of drug-likeness (QED) is 0.681. The van der Waals surface area contributed by atoms with Crippen molar-refractivity contribution in [1.29, 1.82) is 0 Å². The number of rotatable bonds is 7. The highest BCUT2D eigenvalue weighted by atomic mass is 32.2. The topological polar surface area (TPSA) is 17.1 Å². The Morgan fingerprint density at radius 2 is 2.05 bits per heavy atom. The van der Waals surface area contributed by atoms with Gasteiger partial charge in [-0.25, -0.2) is 0 Å². The lowest BCUT2D eigenvalue weighted by molar-refractivity contribution is -0.113. The van der Waals surface area contributed by atoms with Crippen molar-refractivity contribution in [1.82, 2.24) is 0 Å². The summed E-state index contributed by atoms with van der Waals surface area (Å²) >= 11 is 1.79. The first-order valence-electron chi connectivity index (χ1n) is 7.20. The third-order valence-electron chi connectivity index (χ3n) is 3.53. The second kappa shape index (κ2) is 7.54. The fraction of sp³-hybridized carbons (Fsp3) is 0.471. The van der Waals surface area contributed by atoms with E-state index >= 15 is 0 Å². The van der Waals surface area contributed by atoms with E-state index in [-0.39, 0.29) is 0 Å². The van der Waals surface area contributed by atoms with Gasteiger partial charge in [0.05, 0.1) is 5.75 Å². The van der Waals surface area contributed by atoms with Crippen LogP contribution in [0.25, 0.3) is 6.08 Å². The minimum absolute atomic E-state index is 0.330. The second-order valence-corrected chi connectivity index (χ2v) is 6.16. The lowest BCUT2D eigenvalue weighted by Gasteiger charge is -2.15. The maximum atomic E-state index is 12.2. The van der Waals surface area contributed by atoms with Gasteiger partial charge in [0, 0.05) is 0 Å². The Balaban J connectivity index is 1.85. The smallest absolute Gasteiger partial charge is 0.168 e. The van der Waals surface area contributed by atoms with Gasteiger partial charge >= 0.3 is 0 Å². The summed E-state index contributed by atoms with van der Waals surface area (Å²) in [6.07, 6.45) is 7.76. The highest BCUT2D eigenvalue weighted by molar-refractivity contribution is 7.99.